The minimum atomic E-state index is -0.961. The van der Waals surface area contributed by atoms with E-state index in [1.54, 1.807) is 18.2 Å². The summed E-state index contributed by atoms with van der Waals surface area (Å²) in [6.45, 7) is 19.8. The maximum absolute atomic E-state index is 13.5. The fraction of sp³-hybridized carbons (Fsp3) is 0.455. The van der Waals surface area contributed by atoms with Gasteiger partial charge in [0, 0.05) is 60.7 Å². The molecule has 57 heavy (non-hydrogen) atoms. The van der Waals surface area contributed by atoms with Crippen molar-refractivity contribution in [2.75, 3.05) is 24.5 Å². The number of benzene rings is 3. The molecule has 5 amide bonds. The number of amides is 5. The number of halogens is 1. The van der Waals surface area contributed by atoms with Crippen molar-refractivity contribution in [1.82, 2.24) is 20.4 Å². The first-order chi connectivity index (χ1) is 27.1. The van der Waals surface area contributed by atoms with Gasteiger partial charge in [-0.3, -0.25) is 39.1 Å². The average molecular weight is 791 g/mol. The Balaban J connectivity index is 0.799. The first-order valence-corrected chi connectivity index (χ1v) is 20.1. The van der Waals surface area contributed by atoms with Crippen molar-refractivity contribution in [2.45, 2.75) is 91.1 Å². The molecular weight excluding hydrogens is 744 g/mol. The lowest BCUT2D eigenvalue weighted by Gasteiger charge is -2.63. The van der Waals surface area contributed by atoms with E-state index in [0.29, 0.717) is 52.2 Å². The summed E-state index contributed by atoms with van der Waals surface area (Å²) in [6.07, 6.45) is 3.27. The van der Waals surface area contributed by atoms with Crippen LogP contribution in [0.1, 0.15) is 102 Å². The monoisotopic (exact) mass is 790 g/mol. The molecule has 3 fully saturated rings. The molecule has 1 atom stereocenters. The summed E-state index contributed by atoms with van der Waals surface area (Å²) >= 11 is 6.26. The van der Waals surface area contributed by atoms with Gasteiger partial charge in [0.15, 0.2) is 0 Å². The standard InChI is InChI=1S/C44H47ClN6O6/c1-43(2)41(44(3,4)42(43)57-30-10-11-34(46-5)33(45)22-30)48-37(53)26-6-8-29(9-7-26)50-18-15-25(16-19-50)14-17-49-23-27-20-31-32(21-28(27)24-49)40(56)51(39(31)55)35-12-13-36(52)47-38(35)54/h6-11,20-22,25,35,41-42H,12-19,23-24H2,1-4H3,(H,48,53)(H,47,52,54)/t35-,41?,42?/m0/s1. The first-order valence-electron chi connectivity index (χ1n) is 19.7. The summed E-state index contributed by atoms with van der Waals surface area (Å²) in [5, 5.41) is 5.89. The molecule has 4 aliphatic heterocycles. The zero-order valence-corrected chi connectivity index (χ0v) is 33.4. The number of rotatable bonds is 9. The van der Waals surface area contributed by atoms with E-state index in [1.807, 2.05) is 36.4 Å². The number of fused-ring (bicyclic) bond motifs is 2. The lowest BCUT2D eigenvalue weighted by atomic mass is 9.49. The van der Waals surface area contributed by atoms with Crippen LogP contribution in [0.3, 0.4) is 0 Å². The second-order valence-electron chi connectivity index (χ2n) is 17.4. The van der Waals surface area contributed by atoms with Gasteiger partial charge in [-0.1, -0.05) is 45.4 Å². The molecule has 3 aromatic rings. The van der Waals surface area contributed by atoms with Crippen LogP contribution in [0.4, 0.5) is 11.4 Å². The summed E-state index contributed by atoms with van der Waals surface area (Å²) in [6, 6.07) is 15.5. The number of carbonyl (C=O) groups is 5. The predicted molar refractivity (Wildman–Crippen MR) is 214 cm³/mol. The Bertz CT molecular complexity index is 2160. The highest BCUT2D eigenvalue weighted by atomic mass is 35.5. The van der Waals surface area contributed by atoms with Crippen molar-refractivity contribution >= 4 is 52.5 Å². The van der Waals surface area contributed by atoms with E-state index in [-0.39, 0.29) is 47.6 Å². The number of nitrogens with zero attached hydrogens (tertiary/aromatic N) is 4. The van der Waals surface area contributed by atoms with E-state index in [2.05, 4.69) is 53.0 Å². The Hall–Kier alpha value is -5.25. The van der Waals surface area contributed by atoms with Crippen molar-refractivity contribution < 1.29 is 28.7 Å². The lowest BCUT2D eigenvalue weighted by Crippen LogP contribution is -2.74. The smallest absolute Gasteiger partial charge is 0.262 e. The second kappa shape index (κ2) is 14.6. The zero-order chi connectivity index (χ0) is 40.4. The van der Waals surface area contributed by atoms with Crippen molar-refractivity contribution in [3.63, 3.8) is 0 Å². The van der Waals surface area contributed by atoms with E-state index in [9.17, 15) is 24.0 Å². The molecule has 8 rings (SSSR count). The molecule has 2 N–H and O–H groups in total. The molecule has 13 heteroatoms. The van der Waals surface area contributed by atoms with Gasteiger partial charge in [-0.2, -0.15) is 0 Å². The minimum absolute atomic E-state index is 0.0975. The number of imide groups is 2. The molecule has 12 nitrogen and oxygen atoms in total. The van der Waals surface area contributed by atoms with E-state index in [0.717, 1.165) is 60.6 Å². The molecule has 5 aliphatic rings. The minimum Gasteiger partial charge on any atom is -0.489 e. The van der Waals surface area contributed by atoms with E-state index in [4.69, 9.17) is 22.9 Å². The summed E-state index contributed by atoms with van der Waals surface area (Å²) in [5.74, 6) is -0.847. The van der Waals surface area contributed by atoms with Crippen molar-refractivity contribution in [3.8, 4) is 5.75 Å². The van der Waals surface area contributed by atoms with Crippen LogP contribution in [0.2, 0.25) is 5.02 Å². The lowest BCUT2D eigenvalue weighted by molar-refractivity contribution is -0.164. The highest BCUT2D eigenvalue weighted by Gasteiger charge is 2.64. The topological polar surface area (TPSA) is 133 Å². The number of anilines is 1. The van der Waals surface area contributed by atoms with Crippen LogP contribution < -0.4 is 20.3 Å². The summed E-state index contributed by atoms with van der Waals surface area (Å²) < 4.78 is 6.38. The van der Waals surface area contributed by atoms with Gasteiger partial charge in [-0.25, -0.2) is 4.85 Å². The van der Waals surface area contributed by atoms with Gasteiger partial charge in [0.05, 0.1) is 22.7 Å². The van der Waals surface area contributed by atoms with Gasteiger partial charge in [-0.15, -0.1) is 0 Å². The van der Waals surface area contributed by atoms with Crippen LogP contribution in [-0.4, -0.2) is 77.2 Å². The molecule has 0 bridgehead atoms. The maximum atomic E-state index is 13.5. The molecule has 0 spiro atoms. The summed E-state index contributed by atoms with van der Waals surface area (Å²) in [5.41, 5.74) is 4.16. The normalized spacial score (nSPS) is 24.0. The molecule has 4 heterocycles. The number of hydrogen-bond donors (Lipinski definition) is 2. The van der Waals surface area contributed by atoms with Crippen LogP contribution in [-0.2, 0) is 22.7 Å². The van der Waals surface area contributed by atoms with E-state index >= 15 is 0 Å². The molecule has 1 saturated carbocycles. The largest absolute Gasteiger partial charge is 0.489 e. The third-order valence-electron chi connectivity index (χ3n) is 12.9. The molecule has 0 radical (unpaired) electrons. The van der Waals surface area contributed by atoms with Crippen LogP contribution in [0, 0.1) is 23.3 Å². The molecule has 2 saturated heterocycles. The van der Waals surface area contributed by atoms with Crippen LogP contribution in [0.25, 0.3) is 4.85 Å². The molecule has 0 aromatic heterocycles. The number of hydrogen-bond acceptors (Lipinski definition) is 8. The van der Waals surface area contributed by atoms with Gasteiger partial charge in [-0.05, 0) is 97.8 Å². The van der Waals surface area contributed by atoms with E-state index in [1.165, 1.54) is 0 Å². The molecule has 296 valence electrons. The van der Waals surface area contributed by atoms with Gasteiger partial charge < -0.3 is 15.0 Å². The van der Waals surface area contributed by atoms with Crippen LogP contribution in [0.5, 0.6) is 5.75 Å². The fourth-order valence-electron chi connectivity index (χ4n) is 10.1. The Kier molecular flexibility index (Phi) is 9.89. The maximum Gasteiger partial charge on any atom is 0.262 e. The van der Waals surface area contributed by atoms with Crippen molar-refractivity contribution in [3.05, 3.63) is 98.9 Å². The third-order valence-corrected chi connectivity index (χ3v) is 13.2. The second-order valence-corrected chi connectivity index (χ2v) is 17.8. The Morgan fingerprint density at radius 3 is 2.12 bits per heavy atom. The number of carbonyl (C=O) groups excluding carboxylic acids is 5. The van der Waals surface area contributed by atoms with Crippen LogP contribution >= 0.6 is 11.6 Å². The third kappa shape index (κ3) is 6.95. The number of piperidine rings is 2. The highest BCUT2D eigenvalue weighted by Crippen LogP contribution is 2.55. The highest BCUT2D eigenvalue weighted by molar-refractivity contribution is 6.33. The van der Waals surface area contributed by atoms with Gasteiger partial charge >= 0.3 is 0 Å². The van der Waals surface area contributed by atoms with Crippen LogP contribution in [0.15, 0.2) is 54.6 Å². The van der Waals surface area contributed by atoms with Crippen molar-refractivity contribution in [1.29, 1.82) is 0 Å². The summed E-state index contributed by atoms with van der Waals surface area (Å²) in [7, 11) is 0. The number of nitrogens with one attached hydrogen (secondary N) is 2. The van der Waals surface area contributed by atoms with E-state index < -0.39 is 23.8 Å². The summed E-state index contributed by atoms with van der Waals surface area (Å²) in [4.78, 5) is 73.3. The fourth-order valence-corrected chi connectivity index (χ4v) is 10.3. The Labute approximate surface area is 337 Å². The predicted octanol–water partition coefficient (Wildman–Crippen LogP) is 6.53. The number of ether oxygens (including phenoxy) is 1. The Morgan fingerprint density at radius 1 is 0.912 bits per heavy atom. The molecule has 1 aliphatic carbocycles. The zero-order valence-electron chi connectivity index (χ0n) is 32.7. The average Bonchev–Trinajstić information content (AvgIpc) is 3.70. The quantitative estimate of drug-likeness (QED) is 0.185. The van der Waals surface area contributed by atoms with Crippen molar-refractivity contribution in [2.24, 2.45) is 16.7 Å². The molecular formula is C44H47ClN6O6. The van der Waals surface area contributed by atoms with Gasteiger partial charge in [0.25, 0.3) is 17.7 Å². The SMILES string of the molecule is [C-]#[N+]c1ccc(OC2C(C)(C)C(NC(=O)c3ccc(N4CCC(CCN5Cc6cc7c(cc6C5)C(=O)N([C@H]5CCC(=O)NC5=O)C7=O)CC4)cc3)C2(C)C)cc1Cl. The Morgan fingerprint density at radius 2 is 1.54 bits per heavy atom. The molecule has 3 aromatic carbocycles. The van der Waals surface area contributed by atoms with Gasteiger partial charge in [0.2, 0.25) is 17.5 Å². The first kappa shape index (κ1) is 38.6. The van der Waals surface area contributed by atoms with Gasteiger partial charge in [0.1, 0.15) is 17.9 Å². The molecule has 0 unspecified atom stereocenters.